The molecule has 1 aliphatic rings. The molecule has 1 heterocycles. The van der Waals surface area contributed by atoms with E-state index in [-0.39, 0.29) is 12.0 Å². The molecule has 3 N–H and O–H groups in total. The monoisotopic (exact) mass is 264 g/mol. The van der Waals surface area contributed by atoms with Crippen molar-refractivity contribution in [2.24, 2.45) is 5.92 Å². The summed E-state index contributed by atoms with van der Waals surface area (Å²) in [5.74, 6) is -1.10. The predicted molar refractivity (Wildman–Crippen MR) is 69.0 cm³/mol. The normalized spacial score (nSPS) is 21.9. The van der Waals surface area contributed by atoms with Gasteiger partial charge in [-0.25, -0.2) is 4.79 Å². The number of carbonyl (C=O) groups excluding carboxylic acids is 1. The average Bonchev–Trinajstić information content (AvgIpc) is 2.89. The van der Waals surface area contributed by atoms with Crippen LogP contribution in [-0.4, -0.2) is 30.8 Å². The first-order valence-corrected chi connectivity index (χ1v) is 6.01. The first-order valence-electron chi connectivity index (χ1n) is 6.01. The minimum absolute atomic E-state index is 0.0493. The molecule has 2 rings (SSSR count). The fourth-order valence-electron chi connectivity index (χ4n) is 2.15. The number of methoxy groups -OCH3 is 1. The summed E-state index contributed by atoms with van der Waals surface area (Å²) in [5.41, 5.74) is 1.66. The summed E-state index contributed by atoms with van der Waals surface area (Å²) in [6, 6.07) is 7.32. The molecular formula is C13H16N2O4. The van der Waals surface area contributed by atoms with Gasteiger partial charge in [0, 0.05) is 18.3 Å². The van der Waals surface area contributed by atoms with Gasteiger partial charge in [-0.05, 0) is 24.1 Å². The zero-order chi connectivity index (χ0) is 13.8. The lowest BCUT2D eigenvalue weighted by Crippen LogP contribution is -2.17. The van der Waals surface area contributed by atoms with Crippen molar-refractivity contribution in [2.75, 3.05) is 19.0 Å². The van der Waals surface area contributed by atoms with E-state index in [4.69, 9.17) is 5.11 Å². The van der Waals surface area contributed by atoms with Gasteiger partial charge in [0.2, 0.25) is 0 Å². The number of benzene rings is 1. The summed E-state index contributed by atoms with van der Waals surface area (Å²) in [5, 5.41) is 14.7. The Morgan fingerprint density at radius 2 is 2.05 bits per heavy atom. The first-order chi connectivity index (χ1) is 9.10. The topological polar surface area (TPSA) is 87.7 Å². The van der Waals surface area contributed by atoms with Gasteiger partial charge in [0.25, 0.3) is 0 Å². The van der Waals surface area contributed by atoms with Crippen LogP contribution in [0.15, 0.2) is 24.3 Å². The van der Waals surface area contributed by atoms with Crippen molar-refractivity contribution in [2.45, 2.75) is 12.5 Å². The number of hydrogen-bond acceptors (Lipinski definition) is 4. The standard InChI is InChI=1S/C13H16N2O4/c1-19-13(18)15-10-4-2-8(3-5-10)11-6-9(7-14-11)12(16)17/h2-5,9,11,14H,6-7H2,1H3,(H,15,18)(H,16,17). The van der Waals surface area contributed by atoms with Gasteiger partial charge in [-0.1, -0.05) is 12.1 Å². The number of carboxylic acids is 1. The molecular weight excluding hydrogens is 248 g/mol. The number of amides is 1. The van der Waals surface area contributed by atoms with Gasteiger partial charge >= 0.3 is 12.1 Å². The maximum Gasteiger partial charge on any atom is 0.411 e. The molecule has 2 unspecified atom stereocenters. The maximum atomic E-state index is 11.0. The molecule has 6 nitrogen and oxygen atoms in total. The van der Waals surface area contributed by atoms with Gasteiger partial charge in [0.15, 0.2) is 0 Å². The molecule has 0 aliphatic carbocycles. The van der Waals surface area contributed by atoms with Gasteiger partial charge in [-0.2, -0.15) is 0 Å². The van der Waals surface area contributed by atoms with E-state index in [0.29, 0.717) is 18.7 Å². The Kier molecular flexibility index (Phi) is 4.01. The van der Waals surface area contributed by atoms with Gasteiger partial charge < -0.3 is 15.2 Å². The molecule has 0 aromatic heterocycles. The largest absolute Gasteiger partial charge is 0.481 e. The second-order valence-electron chi connectivity index (χ2n) is 4.47. The minimum Gasteiger partial charge on any atom is -0.481 e. The lowest BCUT2D eigenvalue weighted by atomic mass is 10.00. The van der Waals surface area contributed by atoms with Crippen LogP contribution in [0.2, 0.25) is 0 Å². The van der Waals surface area contributed by atoms with Crippen molar-refractivity contribution < 1.29 is 19.4 Å². The van der Waals surface area contributed by atoms with Crippen LogP contribution < -0.4 is 10.6 Å². The van der Waals surface area contributed by atoms with E-state index in [1.54, 1.807) is 12.1 Å². The minimum atomic E-state index is -0.765. The van der Waals surface area contributed by atoms with Crippen LogP contribution in [0.3, 0.4) is 0 Å². The summed E-state index contributed by atoms with van der Waals surface area (Å²) in [7, 11) is 1.30. The molecule has 1 fully saturated rings. The average molecular weight is 264 g/mol. The fraction of sp³-hybridized carbons (Fsp3) is 0.385. The molecule has 19 heavy (non-hydrogen) atoms. The van der Waals surface area contributed by atoms with E-state index < -0.39 is 12.1 Å². The Hall–Kier alpha value is -2.08. The first kappa shape index (κ1) is 13.4. The summed E-state index contributed by atoms with van der Waals surface area (Å²) < 4.78 is 4.50. The van der Waals surface area contributed by atoms with Crippen LogP contribution in [0.1, 0.15) is 18.0 Å². The molecule has 0 radical (unpaired) electrons. The molecule has 1 amide bonds. The number of carboxylic acid groups (broad SMARTS) is 1. The zero-order valence-corrected chi connectivity index (χ0v) is 10.6. The fourth-order valence-corrected chi connectivity index (χ4v) is 2.15. The number of nitrogens with one attached hydrogen (secondary N) is 2. The molecule has 0 bridgehead atoms. The third kappa shape index (κ3) is 3.23. The summed E-state index contributed by atoms with van der Waals surface area (Å²) in [4.78, 5) is 21.9. The Morgan fingerprint density at radius 3 is 2.58 bits per heavy atom. The molecule has 102 valence electrons. The van der Waals surface area contributed by atoms with Crippen LogP contribution in [-0.2, 0) is 9.53 Å². The predicted octanol–water partition coefficient (Wildman–Crippen LogP) is 1.60. The van der Waals surface area contributed by atoms with E-state index in [1.807, 2.05) is 12.1 Å². The number of ether oxygens (including phenoxy) is 1. The van der Waals surface area contributed by atoms with Crippen molar-refractivity contribution >= 4 is 17.7 Å². The van der Waals surface area contributed by atoms with Gasteiger partial charge in [-0.3, -0.25) is 10.1 Å². The lowest BCUT2D eigenvalue weighted by molar-refractivity contribution is -0.141. The summed E-state index contributed by atoms with van der Waals surface area (Å²) in [6.45, 7) is 0.488. The smallest absolute Gasteiger partial charge is 0.411 e. The van der Waals surface area contributed by atoms with Crippen molar-refractivity contribution in [3.8, 4) is 0 Å². The van der Waals surface area contributed by atoms with E-state index in [0.717, 1.165) is 5.56 Å². The Bertz CT molecular complexity index is 472. The molecule has 1 aliphatic heterocycles. The molecule has 0 saturated carbocycles. The third-order valence-corrected chi connectivity index (χ3v) is 3.22. The number of carbonyl (C=O) groups is 2. The van der Waals surface area contributed by atoms with Crippen LogP contribution in [0.25, 0.3) is 0 Å². The van der Waals surface area contributed by atoms with Crippen LogP contribution in [0.4, 0.5) is 10.5 Å². The van der Waals surface area contributed by atoms with E-state index in [2.05, 4.69) is 15.4 Å². The lowest BCUT2D eigenvalue weighted by Gasteiger charge is -2.11. The van der Waals surface area contributed by atoms with Crippen LogP contribution in [0, 0.1) is 5.92 Å². The molecule has 1 aromatic carbocycles. The van der Waals surface area contributed by atoms with Crippen molar-refractivity contribution in [1.29, 1.82) is 0 Å². The van der Waals surface area contributed by atoms with E-state index >= 15 is 0 Å². The molecule has 1 saturated heterocycles. The highest BCUT2D eigenvalue weighted by Gasteiger charge is 2.29. The van der Waals surface area contributed by atoms with E-state index in [9.17, 15) is 9.59 Å². The maximum absolute atomic E-state index is 11.0. The zero-order valence-electron chi connectivity index (χ0n) is 10.6. The SMILES string of the molecule is COC(=O)Nc1ccc(C2CC(C(=O)O)CN2)cc1. The van der Waals surface area contributed by atoms with Crippen molar-refractivity contribution in [1.82, 2.24) is 5.32 Å². The van der Waals surface area contributed by atoms with Gasteiger partial charge in [0.05, 0.1) is 13.0 Å². The number of anilines is 1. The molecule has 2 atom stereocenters. The number of hydrogen-bond donors (Lipinski definition) is 3. The second-order valence-corrected chi connectivity index (χ2v) is 4.47. The highest BCUT2D eigenvalue weighted by atomic mass is 16.5. The van der Waals surface area contributed by atoms with Crippen LogP contribution in [0.5, 0.6) is 0 Å². The van der Waals surface area contributed by atoms with Crippen molar-refractivity contribution in [3.05, 3.63) is 29.8 Å². The highest BCUT2D eigenvalue weighted by molar-refractivity contribution is 5.84. The summed E-state index contributed by atoms with van der Waals surface area (Å²) >= 11 is 0. The Morgan fingerprint density at radius 1 is 1.37 bits per heavy atom. The number of aliphatic carboxylic acids is 1. The molecule has 0 spiro atoms. The Balaban J connectivity index is 1.99. The number of rotatable bonds is 3. The van der Waals surface area contributed by atoms with Crippen molar-refractivity contribution in [3.63, 3.8) is 0 Å². The van der Waals surface area contributed by atoms with Gasteiger partial charge in [0.1, 0.15) is 0 Å². The quantitative estimate of drug-likeness (QED) is 0.771. The molecule has 6 heteroatoms. The van der Waals surface area contributed by atoms with E-state index in [1.165, 1.54) is 7.11 Å². The van der Waals surface area contributed by atoms with Gasteiger partial charge in [-0.15, -0.1) is 0 Å². The third-order valence-electron chi connectivity index (χ3n) is 3.22. The second kappa shape index (κ2) is 5.71. The highest BCUT2D eigenvalue weighted by Crippen LogP contribution is 2.28. The molecule has 1 aromatic rings. The Labute approximate surface area is 110 Å². The summed E-state index contributed by atoms with van der Waals surface area (Å²) in [6.07, 6.45) is 0.0664. The van der Waals surface area contributed by atoms with Crippen LogP contribution >= 0.6 is 0 Å².